The lowest BCUT2D eigenvalue weighted by atomic mass is 9.92. The molecule has 35 heavy (non-hydrogen) atoms. The van der Waals surface area contributed by atoms with E-state index in [9.17, 15) is 9.90 Å². The molecule has 1 saturated heterocycles. The molecule has 1 aliphatic rings. The lowest BCUT2D eigenvalue weighted by Crippen LogP contribution is -2.52. The highest BCUT2D eigenvalue weighted by molar-refractivity contribution is 5.87. The minimum Gasteiger partial charge on any atom is -0.388 e. The Labute approximate surface area is 218 Å². The Balaban J connectivity index is -0.000000243. The molecule has 1 fully saturated rings. The molecular formula is C32H53NO2. The summed E-state index contributed by atoms with van der Waals surface area (Å²) < 4.78 is 0. The summed E-state index contributed by atoms with van der Waals surface area (Å²) in [6.45, 7) is 32.5. The fraction of sp³-hybridized carbons (Fsp3) is 0.406. The average molecular weight is 484 g/mol. The third-order valence-corrected chi connectivity index (χ3v) is 4.31. The van der Waals surface area contributed by atoms with Gasteiger partial charge in [0.1, 0.15) is 0 Å². The molecule has 1 heterocycles. The van der Waals surface area contributed by atoms with Crippen molar-refractivity contribution in [1.29, 1.82) is 0 Å². The van der Waals surface area contributed by atoms with E-state index in [0.717, 1.165) is 23.3 Å². The van der Waals surface area contributed by atoms with Crippen molar-refractivity contribution in [2.45, 2.75) is 87.3 Å². The van der Waals surface area contributed by atoms with E-state index in [4.69, 9.17) is 0 Å². The number of carbonyl (C=O) groups excluding carboxylic acids is 1. The minimum absolute atomic E-state index is 0.0656. The Morgan fingerprint density at radius 2 is 1.51 bits per heavy atom. The first kappa shape index (κ1) is 39.3. The second-order valence-corrected chi connectivity index (χ2v) is 6.22. The lowest BCUT2D eigenvalue weighted by Gasteiger charge is -2.41. The van der Waals surface area contributed by atoms with Gasteiger partial charge in [0.25, 0.3) is 0 Å². The maximum atomic E-state index is 11.8. The number of likely N-dealkylation sites (tertiary alicyclic amines) is 1. The second-order valence-electron chi connectivity index (χ2n) is 6.22. The predicted molar refractivity (Wildman–Crippen MR) is 160 cm³/mol. The number of aliphatic hydroxyl groups excluding tert-OH is 1. The molecular weight excluding hydrogens is 430 g/mol. The van der Waals surface area contributed by atoms with Crippen molar-refractivity contribution in [2.24, 2.45) is 0 Å². The highest BCUT2D eigenvalue weighted by Gasteiger charge is 2.38. The summed E-state index contributed by atoms with van der Waals surface area (Å²) in [5.41, 5.74) is 2.81. The molecule has 3 nitrogen and oxygen atoms in total. The molecule has 0 bridgehead atoms. The summed E-state index contributed by atoms with van der Waals surface area (Å²) in [5.74, 6) is 0.104. The topological polar surface area (TPSA) is 40.5 Å². The number of rotatable bonds is 10. The molecule has 0 spiro atoms. The smallest absolute Gasteiger partial charge is 0.230 e. The van der Waals surface area contributed by atoms with Gasteiger partial charge < -0.3 is 10.0 Å². The van der Waals surface area contributed by atoms with Gasteiger partial charge in [0.2, 0.25) is 5.91 Å². The van der Waals surface area contributed by atoms with Crippen molar-refractivity contribution in [2.75, 3.05) is 0 Å². The van der Waals surface area contributed by atoms with Crippen molar-refractivity contribution in [3.63, 3.8) is 0 Å². The van der Waals surface area contributed by atoms with Crippen LogP contribution in [-0.4, -0.2) is 28.1 Å². The van der Waals surface area contributed by atoms with E-state index in [1.54, 1.807) is 35.3 Å². The third-order valence-electron chi connectivity index (χ3n) is 4.31. The number of hydrogen-bond acceptors (Lipinski definition) is 2. The fourth-order valence-corrected chi connectivity index (χ4v) is 2.80. The highest BCUT2D eigenvalue weighted by Crippen LogP contribution is 2.31. The highest BCUT2D eigenvalue weighted by atomic mass is 16.3. The van der Waals surface area contributed by atoms with E-state index >= 15 is 0 Å². The van der Waals surface area contributed by atoms with Crippen LogP contribution in [0, 0.1) is 0 Å². The van der Waals surface area contributed by atoms with Crippen LogP contribution in [0.2, 0.25) is 0 Å². The first-order chi connectivity index (χ1) is 16.9. The number of amides is 1. The Kier molecular flexibility index (Phi) is 32.7. The van der Waals surface area contributed by atoms with E-state index in [0.29, 0.717) is 6.42 Å². The van der Waals surface area contributed by atoms with Crippen LogP contribution in [0.5, 0.6) is 0 Å². The number of β-lactam (4-membered cyclic amide) rings is 1. The Hall–Kier alpha value is -2.91. The van der Waals surface area contributed by atoms with E-state index < -0.39 is 0 Å². The molecule has 0 aromatic carbocycles. The largest absolute Gasteiger partial charge is 0.388 e. The van der Waals surface area contributed by atoms with Crippen molar-refractivity contribution < 1.29 is 9.90 Å². The van der Waals surface area contributed by atoms with Gasteiger partial charge in [0.15, 0.2) is 0 Å². The van der Waals surface area contributed by atoms with Crippen molar-refractivity contribution in [1.82, 2.24) is 4.90 Å². The molecule has 0 saturated carbocycles. The van der Waals surface area contributed by atoms with E-state index in [1.165, 1.54) is 0 Å². The maximum absolute atomic E-state index is 11.8. The first-order valence-corrected chi connectivity index (χ1v) is 12.8. The van der Waals surface area contributed by atoms with Gasteiger partial charge in [-0.05, 0) is 43.6 Å². The quantitative estimate of drug-likeness (QED) is 0.249. The number of allylic oxidation sites excluding steroid dienone is 9. The zero-order valence-corrected chi connectivity index (χ0v) is 24.1. The van der Waals surface area contributed by atoms with E-state index in [-0.39, 0.29) is 18.1 Å². The Bertz CT molecular complexity index is 733. The van der Waals surface area contributed by atoms with Gasteiger partial charge in [0, 0.05) is 5.70 Å². The summed E-state index contributed by atoms with van der Waals surface area (Å²) in [7, 11) is 0. The lowest BCUT2D eigenvalue weighted by molar-refractivity contribution is -0.140. The summed E-state index contributed by atoms with van der Waals surface area (Å²) in [6, 6.07) is 0.0656. The van der Waals surface area contributed by atoms with Gasteiger partial charge in [-0.1, -0.05) is 129 Å². The summed E-state index contributed by atoms with van der Waals surface area (Å²) in [5, 5.41) is 9.39. The third kappa shape index (κ3) is 16.4. The Morgan fingerprint density at radius 1 is 0.971 bits per heavy atom. The normalized spacial score (nSPS) is 16.1. The van der Waals surface area contributed by atoms with Crippen molar-refractivity contribution in [3.8, 4) is 0 Å². The molecule has 2 atom stereocenters. The molecule has 0 aromatic heterocycles. The molecule has 2 unspecified atom stereocenters. The second kappa shape index (κ2) is 29.1. The van der Waals surface area contributed by atoms with Crippen molar-refractivity contribution >= 4 is 5.91 Å². The number of nitrogens with zero attached hydrogens (tertiary/aromatic N) is 1. The van der Waals surface area contributed by atoms with Crippen LogP contribution in [0.4, 0.5) is 0 Å². The fourth-order valence-electron chi connectivity index (χ4n) is 2.80. The summed E-state index contributed by atoms with van der Waals surface area (Å²) in [4.78, 5) is 13.5. The van der Waals surface area contributed by atoms with Crippen LogP contribution in [-0.2, 0) is 4.79 Å². The van der Waals surface area contributed by atoms with Gasteiger partial charge in [-0.2, -0.15) is 0 Å². The number of hydrogen-bond donors (Lipinski definition) is 1. The van der Waals surface area contributed by atoms with Crippen LogP contribution in [0.15, 0.2) is 110 Å². The van der Waals surface area contributed by atoms with Crippen LogP contribution < -0.4 is 0 Å². The molecule has 1 amide bonds. The zero-order valence-electron chi connectivity index (χ0n) is 24.1. The summed E-state index contributed by atoms with van der Waals surface area (Å²) >= 11 is 0. The number of aliphatic hydroxyl groups is 1. The number of carbonyl (C=O) groups is 1. The van der Waals surface area contributed by atoms with Gasteiger partial charge in [-0.15, -0.1) is 0 Å². The van der Waals surface area contributed by atoms with Crippen LogP contribution in [0.25, 0.3) is 0 Å². The zero-order chi connectivity index (χ0) is 28.2. The van der Waals surface area contributed by atoms with Crippen molar-refractivity contribution in [3.05, 3.63) is 110 Å². The predicted octanol–water partition coefficient (Wildman–Crippen LogP) is 9.06. The monoisotopic (exact) mass is 483 g/mol. The molecule has 198 valence electrons. The van der Waals surface area contributed by atoms with E-state index in [2.05, 4.69) is 26.3 Å². The molecule has 0 radical (unpaired) electrons. The molecule has 0 aliphatic carbocycles. The van der Waals surface area contributed by atoms with Gasteiger partial charge in [0.05, 0.1) is 18.6 Å². The van der Waals surface area contributed by atoms with E-state index in [1.807, 2.05) is 98.8 Å². The molecule has 1 rings (SSSR count). The SMILES string of the molecule is C=C/C=C(\C=C/C)C1CC(=O)N1/C(C=C)=C/C=C.C=C/C=C\C(=C/C)C(O)CC.CC.CC.CC. The molecule has 1 aliphatic heterocycles. The standard InChI is InChI=1S/C16H19NO.C10H16O.3C2H6/c1-5-9-13(10-6-2)15-12-16(18)17(15)14(8-4)11-7-3;1-4-7-8-9(5-2)10(11)6-3;3*1-2/h5-11,15H,1,3-4,12H2,2H3;4-5,7-8,10-11H,1,6H2,2-3H3;3*1-2H3/b10-6-,13-9+,14-11+;8-7-,9-5+;;;. The molecule has 3 heteroatoms. The summed E-state index contributed by atoms with van der Waals surface area (Å²) in [6.07, 6.45) is 21.0. The molecule has 0 aromatic rings. The van der Waals surface area contributed by atoms with Crippen LogP contribution in [0.3, 0.4) is 0 Å². The first-order valence-electron chi connectivity index (χ1n) is 12.8. The minimum atomic E-state index is -0.337. The molecule has 1 N–H and O–H groups in total. The maximum Gasteiger partial charge on any atom is 0.230 e. The van der Waals surface area contributed by atoms with Gasteiger partial charge in [-0.25, -0.2) is 0 Å². The van der Waals surface area contributed by atoms with Gasteiger partial charge >= 0.3 is 0 Å². The van der Waals surface area contributed by atoms with Gasteiger partial charge in [-0.3, -0.25) is 4.79 Å². The van der Waals surface area contributed by atoms with Crippen LogP contribution in [0.1, 0.15) is 75.2 Å². The Morgan fingerprint density at radius 3 is 1.86 bits per heavy atom. The average Bonchev–Trinajstić information content (AvgIpc) is 2.90. The van der Waals surface area contributed by atoms with Crippen LogP contribution >= 0.6 is 0 Å².